The number of anilines is 1. The third kappa shape index (κ3) is 3.97. The average Bonchev–Trinajstić information content (AvgIpc) is 3.07. The van der Waals surface area contributed by atoms with E-state index in [0.29, 0.717) is 41.5 Å². The number of thiazole rings is 1. The smallest absolute Gasteiger partial charge is 0.443 e. The second-order valence-corrected chi connectivity index (χ2v) is 7.11. The molecule has 1 fully saturated rings. The van der Waals surface area contributed by atoms with Gasteiger partial charge in [-0.15, -0.1) is 0 Å². The highest BCUT2D eigenvalue weighted by atomic mass is 32.1. The second-order valence-electron chi connectivity index (χ2n) is 6.14. The van der Waals surface area contributed by atoms with Crippen molar-refractivity contribution in [3.63, 3.8) is 0 Å². The van der Waals surface area contributed by atoms with Gasteiger partial charge in [0.1, 0.15) is 10.7 Å². The normalized spacial score (nSPS) is 17.9. The van der Waals surface area contributed by atoms with Gasteiger partial charge in [-0.2, -0.15) is 13.2 Å². The maximum absolute atomic E-state index is 13.3. The first-order chi connectivity index (χ1) is 12.7. The van der Waals surface area contributed by atoms with Crippen LogP contribution in [0.15, 0.2) is 12.4 Å². The number of halogens is 3. The standard InChI is InChI=1S/C16H18F3N5O2S/c1-9-8-23(4-5-24(9)10(2)25)13-12(22-14(27-13)16(17,18)19)11-6-20-15(26-3)21-7-11/h6-7,9H,4-5,8H2,1-3H3/t9-/m1/s1. The number of aromatic nitrogens is 3. The fraction of sp³-hybridized carbons (Fsp3) is 0.500. The van der Waals surface area contributed by atoms with Crippen molar-refractivity contribution in [1.29, 1.82) is 0 Å². The van der Waals surface area contributed by atoms with Crippen molar-refractivity contribution in [3.8, 4) is 17.3 Å². The summed E-state index contributed by atoms with van der Waals surface area (Å²) >= 11 is 0.589. The van der Waals surface area contributed by atoms with Crippen LogP contribution >= 0.6 is 11.3 Å². The number of methoxy groups -OCH3 is 1. The van der Waals surface area contributed by atoms with Crippen LogP contribution in [0.1, 0.15) is 18.9 Å². The Kier molecular flexibility index (Phi) is 5.22. The molecule has 0 unspecified atom stereocenters. The number of alkyl halides is 3. The van der Waals surface area contributed by atoms with E-state index in [9.17, 15) is 18.0 Å². The summed E-state index contributed by atoms with van der Waals surface area (Å²) in [4.78, 5) is 26.9. The summed E-state index contributed by atoms with van der Waals surface area (Å²) in [7, 11) is 1.40. The van der Waals surface area contributed by atoms with E-state index in [4.69, 9.17) is 4.74 Å². The van der Waals surface area contributed by atoms with Gasteiger partial charge in [0, 0.05) is 50.6 Å². The maximum Gasteiger partial charge on any atom is 0.443 e. The Bertz CT molecular complexity index is 824. The van der Waals surface area contributed by atoms with E-state index in [0.717, 1.165) is 0 Å². The number of nitrogens with zero attached hydrogens (tertiary/aromatic N) is 5. The highest BCUT2D eigenvalue weighted by molar-refractivity contribution is 7.16. The first kappa shape index (κ1) is 19.3. The summed E-state index contributed by atoms with van der Waals surface area (Å²) in [6.07, 6.45) is -1.77. The number of amides is 1. The van der Waals surface area contributed by atoms with Gasteiger partial charge in [0.05, 0.1) is 7.11 Å². The zero-order valence-electron chi connectivity index (χ0n) is 14.9. The van der Waals surface area contributed by atoms with E-state index >= 15 is 0 Å². The van der Waals surface area contributed by atoms with Crippen molar-refractivity contribution in [2.45, 2.75) is 26.1 Å². The molecule has 0 aromatic carbocycles. The molecule has 0 bridgehead atoms. The third-order valence-electron chi connectivity index (χ3n) is 4.26. The van der Waals surface area contributed by atoms with Gasteiger partial charge in [0.15, 0.2) is 0 Å². The number of hydrogen-bond acceptors (Lipinski definition) is 7. The van der Waals surface area contributed by atoms with E-state index in [-0.39, 0.29) is 23.7 Å². The number of piperazine rings is 1. The Balaban J connectivity index is 1.98. The van der Waals surface area contributed by atoms with Crippen LogP contribution < -0.4 is 9.64 Å². The number of carbonyl (C=O) groups excluding carboxylic acids is 1. The van der Waals surface area contributed by atoms with Crippen molar-refractivity contribution in [3.05, 3.63) is 17.4 Å². The van der Waals surface area contributed by atoms with Gasteiger partial charge in [-0.1, -0.05) is 11.3 Å². The quantitative estimate of drug-likeness (QED) is 0.788. The van der Waals surface area contributed by atoms with E-state index in [1.165, 1.54) is 26.4 Å². The summed E-state index contributed by atoms with van der Waals surface area (Å²) in [6, 6.07) is 0.00271. The van der Waals surface area contributed by atoms with Crippen LogP contribution in [0.3, 0.4) is 0 Å². The molecule has 1 amide bonds. The first-order valence-corrected chi connectivity index (χ1v) is 8.99. The molecule has 0 spiro atoms. The molecule has 7 nitrogen and oxygen atoms in total. The Morgan fingerprint density at radius 2 is 1.96 bits per heavy atom. The largest absolute Gasteiger partial charge is 0.467 e. The fourth-order valence-corrected chi connectivity index (χ4v) is 3.98. The molecule has 0 radical (unpaired) electrons. The van der Waals surface area contributed by atoms with Crippen LogP contribution in [0.25, 0.3) is 11.3 Å². The predicted molar refractivity (Wildman–Crippen MR) is 93.8 cm³/mol. The number of carbonyl (C=O) groups is 1. The lowest BCUT2D eigenvalue weighted by Gasteiger charge is -2.40. The number of hydrogen-bond donors (Lipinski definition) is 0. The topological polar surface area (TPSA) is 71.5 Å². The van der Waals surface area contributed by atoms with Gasteiger partial charge in [-0.05, 0) is 6.92 Å². The Labute approximate surface area is 157 Å². The zero-order valence-corrected chi connectivity index (χ0v) is 15.8. The Morgan fingerprint density at radius 1 is 1.30 bits per heavy atom. The van der Waals surface area contributed by atoms with Gasteiger partial charge < -0.3 is 14.5 Å². The fourth-order valence-electron chi connectivity index (χ4n) is 2.99. The monoisotopic (exact) mass is 401 g/mol. The lowest BCUT2D eigenvalue weighted by Crippen LogP contribution is -2.53. The molecule has 3 heterocycles. The minimum absolute atomic E-state index is 0.0498. The van der Waals surface area contributed by atoms with Gasteiger partial charge in [-0.3, -0.25) is 4.79 Å². The molecule has 0 N–H and O–H groups in total. The molecule has 1 atom stereocenters. The van der Waals surface area contributed by atoms with Crippen molar-refractivity contribution in [2.75, 3.05) is 31.6 Å². The molecule has 2 aromatic heterocycles. The molecule has 2 aromatic rings. The van der Waals surface area contributed by atoms with Gasteiger partial charge in [0.2, 0.25) is 10.9 Å². The van der Waals surface area contributed by atoms with Gasteiger partial charge in [-0.25, -0.2) is 15.0 Å². The lowest BCUT2D eigenvalue weighted by molar-refractivity contribution is -0.137. The molecule has 11 heteroatoms. The highest BCUT2D eigenvalue weighted by Gasteiger charge is 2.38. The summed E-state index contributed by atoms with van der Waals surface area (Å²) in [5.74, 6) is -0.0498. The average molecular weight is 401 g/mol. The molecule has 27 heavy (non-hydrogen) atoms. The van der Waals surface area contributed by atoms with Crippen LogP contribution in [-0.2, 0) is 11.0 Å². The van der Waals surface area contributed by atoms with Gasteiger partial charge >= 0.3 is 12.2 Å². The summed E-state index contributed by atoms with van der Waals surface area (Å²) in [5, 5.41) is -0.531. The van der Waals surface area contributed by atoms with Crippen molar-refractivity contribution in [1.82, 2.24) is 19.9 Å². The van der Waals surface area contributed by atoms with Crippen LogP contribution in [0.2, 0.25) is 0 Å². The minimum Gasteiger partial charge on any atom is -0.467 e. The van der Waals surface area contributed by atoms with Crippen LogP contribution in [-0.4, -0.2) is 58.5 Å². The van der Waals surface area contributed by atoms with Crippen molar-refractivity contribution >= 4 is 22.2 Å². The van der Waals surface area contributed by atoms with Gasteiger partial charge in [0.25, 0.3) is 0 Å². The molecule has 1 aliphatic rings. The summed E-state index contributed by atoms with van der Waals surface area (Å²) in [6.45, 7) is 4.64. The Hall–Kier alpha value is -2.43. The van der Waals surface area contributed by atoms with E-state index in [2.05, 4.69) is 15.0 Å². The zero-order chi connectivity index (χ0) is 19.8. The molecule has 1 aliphatic heterocycles. The highest BCUT2D eigenvalue weighted by Crippen LogP contribution is 2.42. The number of rotatable bonds is 3. The molecule has 1 saturated heterocycles. The molecule has 146 valence electrons. The first-order valence-electron chi connectivity index (χ1n) is 8.17. The van der Waals surface area contributed by atoms with Crippen molar-refractivity contribution in [2.24, 2.45) is 0 Å². The van der Waals surface area contributed by atoms with Crippen LogP contribution in [0.4, 0.5) is 18.2 Å². The molecule has 0 aliphatic carbocycles. The lowest BCUT2D eigenvalue weighted by atomic mass is 10.1. The molecule has 0 saturated carbocycles. The molecular formula is C16H18F3N5O2S. The molecule has 3 rings (SSSR count). The Morgan fingerprint density at radius 3 is 2.48 bits per heavy atom. The third-order valence-corrected chi connectivity index (χ3v) is 5.42. The second kappa shape index (κ2) is 7.29. The maximum atomic E-state index is 13.3. The number of ether oxygens (including phenoxy) is 1. The van der Waals surface area contributed by atoms with E-state index in [1.54, 1.807) is 4.90 Å². The van der Waals surface area contributed by atoms with Crippen LogP contribution in [0, 0.1) is 0 Å². The molecular weight excluding hydrogens is 383 g/mol. The van der Waals surface area contributed by atoms with Crippen molar-refractivity contribution < 1.29 is 22.7 Å². The minimum atomic E-state index is -4.54. The summed E-state index contributed by atoms with van der Waals surface area (Å²) in [5.41, 5.74) is 0.553. The summed E-state index contributed by atoms with van der Waals surface area (Å²) < 4.78 is 44.6. The van der Waals surface area contributed by atoms with E-state index < -0.39 is 11.2 Å². The predicted octanol–water partition coefficient (Wildman–Crippen LogP) is 2.68. The SMILES string of the molecule is COc1ncc(-c2nc(C(F)(F)F)sc2N2CCN(C(C)=O)[C@H](C)C2)cn1. The van der Waals surface area contributed by atoms with E-state index in [1.807, 2.05) is 11.8 Å². The van der Waals surface area contributed by atoms with Crippen LogP contribution in [0.5, 0.6) is 6.01 Å².